The van der Waals surface area contributed by atoms with Crippen LogP contribution in [0.2, 0.25) is 0 Å². The molecule has 1 aromatic rings. The molecule has 78 valence electrons. The van der Waals surface area contributed by atoms with E-state index < -0.39 is 0 Å². The van der Waals surface area contributed by atoms with Crippen molar-refractivity contribution in [3.05, 3.63) is 66.7 Å². The summed E-state index contributed by atoms with van der Waals surface area (Å²) < 4.78 is 5.49. The Balaban J connectivity index is 2.93. The molecule has 0 aromatic heterocycles. The summed E-state index contributed by atoms with van der Waals surface area (Å²) in [6.45, 7) is 8.88. The second-order valence-corrected chi connectivity index (χ2v) is 3.08. The number of hydrogen-bond donors (Lipinski definition) is 1. The molecule has 0 atom stereocenters. The lowest BCUT2D eigenvalue weighted by Crippen LogP contribution is -1.98. The summed E-state index contributed by atoms with van der Waals surface area (Å²) in [5.41, 5.74) is 0.994. The average molecular weight is 202 g/mol. The maximum atomic E-state index is 9.26. The van der Waals surface area contributed by atoms with Gasteiger partial charge >= 0.3 is 0 Å². The van der Waals surface area contributed by atoms with Gasteiger partial charge in [0.05, 0.1) is 0 Å². The standard InChI is InChI=1S/C13H14O2/c1-4-7-13(11(3)14)15-12-9-6-5-8-10(12)2/h4-9,14H,1,3H2,2H3/b13-7+. The van der Waals surface area contributed by atoms with Crippen LogP contribution in [-0.2, 0) is 0 Å². The first-order chi connectivity index (χ1) is 7.15. The zero-order chi connectivity index (χ0) is 11.3. The molecule has 0 saturated carbocycles. The third-order valence-corrected chi connectivity index (χ3v) is 1.87. The lowest BCUT2D eigenvalue weighted by Gasteiger charge is -2.10. The van der Waals surface area contributed by atoms with Crippen LogP contribution in [0.5, 0.6) is 5.75 Å². The third kappa shape index (κ3) is 3.02. The molecule has 0 spiro atoms. The van der Waals surface area contributed by atoms with Crippen LogP contribution in [0.1, 0.15) is 5.56 Å². The first-order valence-corrected chi connectivity index (χ1v) is 4.59. The van der Waals surface area contributed by atoms with Crippen molar-refractivity contribution >= 4 is 0 Å². The highest BCUT2D eigenvalue weighted by Crippen LogP contribution is 2.20. The van der Waals surface area contributed by atoms with Crippen LogP contribution >= 0.6 is 0 Å². The Morgan fingerprint density at radius 2 is 2.07 bits per heavy atom. The summed E-state index contributed by atoms with van der Waals surface area (Å²) >= 11 is 0. The van der Waals surface area contributed by atoms with E-state index in [2.05, 4.69) is 13.2 Å². The van der Waals surface area contributed by atoms with E-state index in [1.807, 2.05) is 31.2 Å². The van der Waals surface area contributed by atoms with Gasteiger partial charge in [0.15, 0.2) is 11.5 Å². The molecule has 0 bridgehead atoms. The molecule has 15 heavy (non-hydrogen) atoms. The van der Waals surface area contributed by atoms with Crippen molar-refractivity contribution < 1.29 is 9.84 Å². The Hall–Kier alpha value is -1.96. The van der Waals surface area contributed by atoms with Gasteiger partial charge in [-0.3, -0.25) is 0 Å². The molecule has 1 aromatic carbocycles. The van der Waals surface area contributed by atoms with Crippen LogP contribution in [0, 0.1) is 6.92 Å². The number of allylic oxidation sites excluding steroid dienone is 2. The molecule has 0 fully saturated rings. The number of hydrogen-bond acceptors (Lipinski definition) is 2. The molecule has 0 saturated heterocycles. The minimum absolute atomic E-state index is 0.113. The second-order valence-electron chi connectivity index (χ2n) is 3.08. The van der Waals surface area contributed by atoms with E-state index in [9.17, 15) is 5.11 Å². The Bertz CT molecular complexity index is 403. The smallest absolute Gasteiger partial charge is 0.168 e. The molecule has 0 heterocycles. The van der Waals surface area contributed by atoms with Crippen molar-refractivity contribution in [3.63, 3.8) is 0 Å². The van der Waals surface area contributed by atoms with Crippen molar-refractivity contribution in [2.24, 2.45) is 0 Å². The van der Waals surface area contributed by atoms with E-state index in [4.69, 9.17) is 4.74 Å². The van der Waals surface area contributed by atoms with Crippen LogP contribution in [0.15, 0.2) is 61.1 Å². The predicted molar refractivity (Wildman–Crippen MR) is 61.9 cm³/mol. The van der Waals surface area contributed by atoms with Crippen LogP contribution in [-0.4, -0.2) is 5.11 Å². The molecule has 0 radical (unpaired) electrons. The highest BCUT2D eigenvalue weighted by molar-refractivity contribution is 5.35. The summed E-state index contributed by atoms with van der Waals surface area (Å²) in [6.07, 6.45) is 3.10. The second kappa shape index (κ2) is 5.05. The first kappa shape index (κ1) is 11.1. The highest BCUT2D eigenvalue weighted by atomic mass is 16.5. The Labute approximate surface area is 89.8 Å². The van der Waals surface area contributed by atoms with E-state index >= 15 is 0 Å². The zero-order valence-electron chi connectivity index (χ0n) is 8.73. The number of aliphatic hydroxyl groups excluding tert-OH is 1. The summed E-state index contributed by atoms with van der Waals surface area (Å²) in [4.78, 5) is 0. The fourth-order valence-corrected chi connectivity index (χ4v) is 1.09. The Kier molecular flexibility index (Phi) is 3.75. The van der Waals surface area contributed by atoms with Gasteiger partial charge in [0.25, 0.3) is 0 Å². The van der Waals surface area contributed by atoms with Crippen LogP contribution in [0.4, 0.5) is 0 Å². The minimum Gasteiger partial charge on any atom is -0.505 e. The Morgan fingerprint density at radius 3 is 2.60 bits per heavy atom. The van der Waals surface area contributed by atoms with E-state index in [1.54, 1.807) is 6.08 Å². The van der Waals surface area contributed by atoms with Gasteiger partial charge in [0.1, 0.15) is 5.75 Å². The Morgan fingerprint density at radius 1 is 1.40 bits per heavy atom. The molecular formula is C13H14O2. The maximum absolute atomic E-state index is 9.26. The minimum atomic E-state index is -0.113. The van der Waals surface area contributed by atoms with Gasteiger partial charge in [-0.1, -0.05) is 37.4 Å². The van der Waals surface area contributed by atoms with Gasteiger partial charge in [-0.15, -0.1) is 0 Å². The van der Waals surface area contributed by atoms with Crippen molar-refractivity contribution in [3.8, 4) is 5.75 Å². The van der Waals surface area contributed by atoms with Crippen molar-refractivity contribution in [1.82, 2.24) is 0 Å². The lowest BCUT2D eigenvalue weighted by molar-refractivity contribution is 0.338. The lowest BCUT2D eigenvalue weighted by atomic mass is 10.2. The van der Waals surface area contributed by atoms with Gasteiger partial charge in [-0.05, 0) is 24.6 Å². The zero-order valence-corrected chi connectivity index (χ0v) is 8.73. The number of aliphatic hydroxyl groups is 1. The van der Waals surface area contributed by atoms with E-state index in [1.165, 1.54) is 6.08 Å². The molecule has 0 amide bonds. The quantitative estimate of drug-likeness (QED) is 0.598. The number of aryl methyl sites for hydroxylation is 1. The molecule has 0 unspecified atom stereocenters. The number of rotatable bonds is 4. The van der Waals surface area contributed by atoms with Crippen LogP contribution in [0.3, 0.4) is 0 Å². The summed E-state index contributed by atoms with van der Waals surface area (Å²) in [5.74, 6) is 0.887. The van der Waals surface area contributed by atoms with Gasteiger partial charge < -0.3 is 9.84 Å². The summed E-state index contributed by atoms with van der Waals surface area (Å²) in [6, 6.07) is 7.55. The summed E-state index contributed by atoms with van der Waals surface area (Å²) in [5, 5.41) is 9.26. The van der Waals surface area contributed by atoms with Gasteiger partial charge in [0, 0.05) is 0 Å². The monoisotopic (exact) mass is 202 g/mol. The van der Waals surface area contributed by atoms with Gasteiger partial charge in [-0.2, -0.15) is 0 Å². The highest BCUT2D eigenvalue weighted by Gasteiger charge is 2.04. The van der Waals surface area contributed by atoms with Gasteiger partial charge in [0.2, 0.25) is 0 Å². The molecule has 0 aliphatic heterocycles. The van der Waals surface area contributed by atoms with Crippen molar-refractivity contribution in [2.75, 3.05) is 0 Å². The largest absolute Gasteiger partial charge is 0.505 e. The van der Waals surface area contributed by atoms with Crippen molar-refractivity contribution in [1.29, 1.82) is 0 Å². The SMILES string of the molecule is C=C/C=C(/Oc1ccccc1C)C(=C)O. The van der Waals surface area contributed by atoms with Crippen molar-refractivity contribution in [2.45, 2.75) is 6.92 Å². The predicted octanol–water partition coefficient (Wildman–Crippen LogP) is 3.52. The van der Waals surface area contributed by atoms with Gasteiger partial charge in [-0.25, -0.2) is 0 Å². The number of para-hydroxylation sites is 1. The third-order valence-electron chi connectivity index (χ3n) is 1.87. The average Bonchev–Trinajstić information content (AvgIpc) is 2.20. The molecule has 1 rings (SSSR count). The normalized spacial score (nSPS) is 10.9. The molecule has 1 N–H and O–H groups in total. The molecule has 0 aliphatic carbocycles. The van der Waals surface area contributed by atoms with E-state index in [0.29, 0.717) is 11.5 Å². The topological polar surface area (TPSA) is 29.5 Å². The van der Waals surface area contributed by atoms with Crippen LogP contribution in [0.25, 0.3) is 0 Å². The molecule has 0 aliphatic rings. The first-order valence-electron chi connectivity index (χ1n) is 4.59. The number of benzene rings is 1. The molecule has 2 nitrogen and oxygen atoms in total. The summed E-state index contributed by atoms with van der Waals surface area (Å²) in [7, 11) is 0. The van der Waals surface area contributed by atoms with Crippen LogP contribution < -0.4 is 4.74 Å². The molecule has 2 heteroatoms. The van der Waals surface area contributed by atoms with E-state index in [-0.39, 0.29) is 5.76 Å². The maximum Gasteiger partial charge on any atom is 0.168 e. The molecular weight excluding hydrogens is 188 g/mol. The van der Waals surface area contributed by atoms with E-state index in [0.717, 1.165) is 5.56 Å². The number of ether oxygens (including phenoxy) is 1. The fraction of sp³-hybridized carbons (Fsp3) is 0.0769. The fourth-order valence-electron chi connectivity index (χ4n) is 1.09.